The Morgan fingerprint density at radius 3 is 2.15 bits per heavy atom. The molecule has 26 heavy (non-hydrogen) atoms. The number of nitrogens with zero attached hydrogens (tertiary/aromatic N) is 2. The molecule has 0 N–H and O–H groups in total. The molecule has 3 nitrogen and oxygen atoms in total. The van der Waals surface area contributed by atoms with Crippen molar-refractivity contribution in [3.8, 4) is 11.1 Å². The summed E-state index contributed by atoms with van der Waals surface area (Å²) in [7, 11) is 0. The van der Waals surface area contributed by atoms with Gasteiger partial charge in [0.05, 0.1) is 0 Å². The Labute approximate surface area is 154 Å². The topological polar surface area (TPSA) is 23.6 Å². The summed E-state index contributed by atoms with van der Waals surface area (Å²) in [5.74, 6) is -0.101. The molecule has 1 atom stereocenters. The fraction of sp³-hybridized carbons (Fsp3) is 0.409. The molecule has 0 aromatic heterocycles. The van der Waals surface area contributed by atoms with Crippen molar-refractivity contribution in [2.45, 2.75) is 31.7 Å². The van der Waals surface area contributed by atoms with Gasteiger partial charge in [0.15, 0.2) is 0 Å². The van der Waals surface area contributed by atoms with E-state index >= 15 is 0 Å². The van der Waals surface area contributed by atoms with Crippen LogP contribution in [0.3, 0.4) is 0 Å². The van der Waals surface area contributed by atoms with Gasteiger partial charge < -0.3 is 9.80 Å². The van der Waals surface area contributed by atoms with Gasteiger partial charge >= 0.3 is 0 Å². The maximum Gasteiger partial charge on any atom is 0.254 e. The summed E-state index contributed by atoms with van der Waals surface area (Å²) in [5, 5.41) is 0. The lowest BCUT2D eigenvalue weighted by atomic mass is 10.0. The number of hydrogen-bond acceptors (Lipinski definition) is 2. The van der Waals surface area contributed by atoms with E-state index in [1.165, 1.54) is 38.1 Å². The lowest BCUT2D eigenvalue weighted by Crippen LogP contribution is -2.42. The second-order valence-corrected chi connectivity index (χ2v) is 7.39. The van der Waals surface area contributed by atoms with Gasteiger partial charge in [-0.25, -0.2) is 4.39 Å². The molecule has 0 bridgehead atoms. The van der Waals surface area contributed by atoms with Crippen LogP contribution in [0.1, 0.15) is 36.0 Å². The molecule has 2 saturated heterocycles. The van der Waals surface area contributed by atoms with Crippen LogP contribution in [0.15, 0.2) is 48.5 Å². The van der Waals surface area contributed by atoms with Crippen molar-refractivity contribution in [3.63, 3.8) is 0 Å². The first-order valence-corrected chi connectivity index (χ1v) is 9.60. The minimum atomic E-state index is -0.237. The summed E-state index contributed by atoms with van der Waals surface area (Å²) in [5.41, 5.74) is 2.69. The highest BCUT2D eigenvalue weighted by atomic mass is 19.1. The molecular formula is C22H25FN2O. The van der Waals surface area contributed by atoms with Gasteiger partial charge in [0.25, 0.3) is 5.91 Å². The third-order valence-electron chi connectivity index (χ3n) is 5.62. The highest BCUT2D eigenvalue weighted by molar-refractivity contribution is 5.95. The van der Waals surface area contributed by atoms with Gasteiger partial charge in [-0.05, 0) is 74.2 Å². The number of rotatable bonds is 4. The molecule has 0 aliphatic carbocycles. The van der Waals surface area contributed by atoms with Crippen LogP contribution >= 0.6 is 0 Å². The van der Waals surface area contributed by atoms with Crippen LogP contribution in [0.25, 0.3) is 11.1 Å². The zero-order valence-electron chi connectivity index (χ0n) is 15.0. The van der Waals surface area contributed by atoms with Crippen LogP contribution < -0.4 is 0 Å². The lowest BCUT2D eigenvalue weighted by Gasteiger charge is -2.28. The average molecular weight is 352 g/mol. The Kier molecular flexibility index (Phi) is 5.02. The lowest BCUT2D eigenvalue weighted by molar-refractivity contribution is 0.0709. The molecule has 1 amide bonds. The highest BCUT2D eigenvalue weighted by Crippen LogP contribution is 2.24. The quantitative estimate of drug-likeness (QED) is 0.824. The SMILES string of the molecule is O=C(c1ccc(-c2ccc(F)cc2)cc1)N1CCC[C@H]1CN1CCCC1. The summed E-state index contributed by atoms with van der Waals surface area (Å²) < 4.78 is 13.1. The normalized spacial score (nSPS) is 20.7. The van der Waals surface area contributed by atoms with E-state index in [1.807, 2.05) is 24.3 Å². The molecule has 0 unspecified atom stereocenters. The average Bonchev–Trinajstić information content (AvgIpc) is 3.34. The minimum absolute atomic E-state index is 0.136. The molecule has 2 aromatic carbocycles. The van der Waals surface area contributed by atoms with Gasteiger partial charge in [-0.3, -0.25) is 4.79 Å². The van der Waals surface area contributed by atoms with Crippen molar-refractivity contribution in [2.75, 3.05) is 26.2 Å². The largest absolute Gasteiger partial charge is 0.334 e. The summed E-state index contributed by atoms with van der Waals surface area (Å²) in [6, 6.07) is 14.5. The first-order valence-electron chi connectivity index (χ1n) is 9.60. The summed E-state index contributed by atoms with van der Waals surface area (Å²) in [6.45, 7) is 4.21. The predicted octanol–water partition coefficient (Wildman–Crippen LogP) is 4.19. The standard InChI is InChI=1S/C22H25FN2O/c23-20-11-9-18(10-12-20)17-5-7-19(8-6-17)22(26)25-15-3-4-21(25)16-24-13-1-2-14-24/h5-12,21H,1-4,13-16H2/t21-/m0/s1. The van der Waals surface area contributed by atoms with Crippen molar-refractivity contribution in [3.05, 3.63) is 59.9 Å². The molecule has 0 radical (unpaired) electrons. The van der Waals surface area contributed by atoms with Crippen molar-refractivity contribution in [1.29, 1.82) is 0 Å². The van der Waals surface area contributed by atoms with Gasteiger partial charge in [-0.2, -0.15) is 0 Å². The number of likely N-dealkylation sites (tertiary alicyclic amines) is 2. The Hall–Kier alpha value is -2.20. The molecule has 2 fully saturated rings. The second-order valence-electron chi connectivity index (χ2n) is 7.39. The van der Waals surface area contributed by atoms with E-state index in [1.54, 1.807) is 12.1 Å². The van der Waals surface area contributed by atoms with Gasteiger partial charge in [-0.1, -0.05) is 24.3 Å². The Morgan fingerprint density at radius 2 is 1.50 bits per heavy atom. The van der Waals surface area contributed by atoms with Gasteiger partial charge in [-0.15, -0.1) is 0 Å². The molecule has 2 aliphatic heterocycles. The molecule has 2 heterocycles. The monoisotopic (exact) mass is 352 g/mol. The van der Waals surface area contributed by atoms with Crippen molar-refractivity contribution < 1.29 is 9.18 Å². The van der Waals surface area contributed by atoms with Crippen molar-refractivity contribution >= 4 is 5.91 Å². The van der Waals surface area contributed by atoms with E-state index in [2.05, 4.69) is 9.80 Å². The number of benzene rings is 2. The first kappa shape index (κ1) is 17.2. The molecule has 2 aliphatic rings. The van der Waals surface area contributed by atoms with Crippen LogP contribution in [-0.2, 0) is 0 Å². The van der Waals surface area contributed by atoms with Gasteiger partial charge in [0, 0.05) is 24.7 Å². The molecule has 4 heteroatoms. The van der Waals surface area contributed by atoms with E-state index in [4.69, 9.17) is 0 Å². The van der Waals surface area contributed by atoms with Crippen LogP contribution in [-0.4, -0.2) is 47.9 Å². The number of halogens is 1. The molecular weight excluding hydrogens is 327 g/mol. The van der Waals surface area contributed by atoms with Crippen molar-refractivity contribution in [2.24, 2.45) is 0 Å². The third kappa shape index (κ3) is 3.65. The fourth-order valence-electron chi connectivity index (χ4n) is 4.17. The predicted molar refractivity (Wildman–Crippen MR) is 102 cm³/mol. The second kappa shape index (κ2) is 7.58. The molecule has 136 valence electrons. The Balaban J connectivity index is 1.46. The maximum absolute atomic E-state index is 13.1. The molecule has 0 saturated carbocycles. The summed E-state index contributed by atoms with van der Waals surface area (Å²) >= 11 is 0. The third-order valence-corrected chi connectivity index (χ3v) is 5.62. The van der Waals surface area contributed by atoms with Crippen LogP contribution in [0.2, 0.25) is 0 Å². The number of amides is 1. The smallest absolute Gasteiger partial charge is 0.254 e. The summed E-state index contributed by atoms with van der Waals surface area (Å²) in [4.78, 5) is 17.5. The minimum Gasteiger partial charge on any atom is -0.334 e. The summed E-state index contributed by atoms with van der Waals surface area (Å²) in [6.07, 6.45) is 4.77. The van der Waals surface area contributed by atoms with Crippen molar-refractivity contribution in [1.82, 2.24) is 9.80 Å². The number of carbonyl (C=O) groups excluding carboxylic acids is 1. The number of hydrogen-bond donors (Lipinski definition) is 0. The van der Waals surface area contributed by atoms with E-state index in [9.17, 15) is 9.18 Å². The zero-order chi connectivity index (χ0) is 17.9. The fourth-order valence-corrected chi connectivity index (χ4v) is 4.17. The van der Waals surface area contributed by atoms with Crippen LogP contribution in [0.4, 0.5) is 4.39 Å². The van der Waals surface area contributed by atoms with Crippen LogP contribution in [0.5, 0.6) is 0 Å². The van der Waals surface area contributed by atoms with E-state index in [-0.39, 0.29) is 11.7 Å². The molecule has 2 aromatic rings. The molecule has 4 rings (SSSR count). The van der Waals surface area contributed by atoms with Gasteiger partial charge in [0.2, 0.25) is 0 Å². The maximum atomic E-state index is 13.1. The zero-order valence-corrected chi connectivity index (χ0v) is 15.0. The van der Waals surface area contributed by atoms with E-state index in [0.29, 0.717) is 6.04 Å². The Bertz CT molecular complexity index is 751. The van der Waals surface area contributed by atoms with E-state index in [0.717, 1.165) is 42.6 Å². The van der Waals surface area contributed by atoms with Gasteiger partial charge in [0.1, 0.15) is 5.82 Å². The number of carbonyl (C=O) groups is 1. The van der Waals surface area contributed by atoms with E-state index < -0.39 is 0 Å². The first-order chi connectivity index (χ1) is 12.7. The molecule has 0 spiro atoms. The highest BCUT2D eigenvalue weighted by Gasteiger charge is 2.31. The van der Waals surface area contributed by atoms with Crippen LogP contribution in [0, 0.1) is 5.82 Å². The Morgan fingerprint density at radius 1 is 0.885 bits per heavy atom.